The number of hydrogen-bond donors (Lipinski definition) is 0. The molecule has 2 rings (SSSR count). The van der Waals surface area contributed by atoms with Crippen molar-refractivity contribution >= 4 is 17.1 Å². The van der Waals surface area contributed by atoms with Gasteiger partial charge in [0.05, 0.1) is 35.1 Å². The van der Waals surface area contributed by atoms with Gasteiger partial charge in [0.15, 0.2) is 16.6 Å². The second kappa shape index (κ2) is 3.67. The summed E-state index contributed by atoms with van der Waals surface area (Å²) in [6, 6.07) is 9.86. The quantitative estimate of drug-likeness (QED) is 0.742. The highest BCUT2D eigenvalue weighted by atomic mass is 32.1. The van der Waals surface area contributed by atoms with Crippen molar-refractivity contribution in [3.63, 3.8) is 0 Å². The largest absolute Gasteiger partial charge is 0.293 e. The molecule has 1 aromatic heterocycles. The van der Waals surface area contributed by atoms with E-state index in [2.05, 4.69) is 0 Å². The standard InChI is InChI=1S/C12H4N4OS/c13-4-11(5-14)10(12(11,6-15)7-16)9(17)8-2-1-3-18-8/h1-3,10H. The molecule has 1 aliphatic rings. The highest BCUT2D eigenvalue weighted by Crippen LogP contribution is 2.69. The third kappa shape index (κ3) is 1.08. The van der Waals surface area contributed by atoms with Crippen LogP contribution in [0.25, 0.3) is 0 Å². The highest BCUT2D eigenvalue weighted by Gasteiger charge is 2.84. The SMILES string of the molecule is N#CC1(C#N)C(C(=O)c2cccs2)C1(C#N)C#N. The molecule has 0 bridgehead atoms. The summed E-state index contributed by atoms with van der Waals surface area (Å²) in [5, 5.41) is 37.9. The Morgan fingerprint density at radius 3 is 1.94 bits per heavy atom. The minimum absolute atomic E-state index is 0.349. The molecule has 18 heavy (non-hydrogen) atoms. The molecule has 0 spiro atoms. The lowest BCUT2D eigenvalue weighted by atomic mass is 9.98. The smallest absolute Gasteiger partial charge is 0.188 e. The van der Waals surface area contributed by atoms with Crippen molar-refractivity contribution in [2.75, 3.05) is 0 Å². The van der Waals surface area contributed by atoms with E-state index >= 15 is 0 Å². The van der Waals surface area contributed by atoms with Gasteiger partial charge in [-0.05, 0) is 11.4 Å². The van der Waals surface area contributed by atoms with Crippen molar-refractivity contribution in [1.82, 2.24) is 0 Å². The molecule has 1 heterocycles. The van der Waals surface area contributed by atoms with Crippen LogP contribution >= 0.6 is 11.3 Å². The van der Waals surface area contributed by atoms with E-state index in [0.29, 0.717) is 4.88 Å². The van der Waals surface area contributed by atoms with Crippen molar-refractivity contribution in [3.05, 3.63) is 22.4 Å². The van der Waals surface area contributed by atoms with Gasteiger partial charge in [-0.1, -0.05) is 6.07 Å². The van der Waals surface area contributed by atoms with Crippen LogP contribution < -0.4 is 0 Å². The summed E-state index contributed by atoms with van der Waals surface area (Å²) in [4.78, 5) is 12.5. The fraction of sp³-hybridized carbons (Fsp3) is 0.250. The molecule has 0 unspecified atom stereocenters. The zero-order valence-corrected chi connectivity index (χ0v) is 9.73. The molecule has 1 saturated carbocycles. The molecular weight excluding hydrogens is 248 g/mol. The summed E-state index contributed by atoms with van der Waals surface area (Å²) < 4.78 is 0. The van der Waals surface area contributed by atoms with Crippen LogP contribution in [0, 0.1) is 62.1 Å². The van der Waals surface area contributed by atoms with Crippen molar-refractivity contribution in [1.29, 1.82) is 21.0 Å². The molecule has 84 valence electrons. The third-order valence-corrected chi connectivity index (χ3v) is 4.02. The summed E-state index contributed by atoms with van der Waals surface area (Å²) in [7, 11) is 0. The van der Waals surface area contributed by atoms with Gasteiger partial charge in [-0.25, -0.2) is 0 Å². The second-order valence-electron chi connectivity index (χ2n) is 3.84. The zero-order valence-electron chi connectivity index (χ0n) is 8.91. The van der Waals surface area contributed by atoms with E-state index in [1.54, 1.807) is 41.8 Å². The molecule has 0 aliphatic heterocycles. The van der Waals surface area contributed by atoms with Gasteiger partial charge in [0.2, 0.25) is 0 Å². The second-order valence-corrected chi connectivity index (χ2v) is 4.79. The van der Waals surface area contributed by atoms with Gasteiger partial charge < -0.3 is 0 Å². The molecule has 5 nitrogen and oxygen atoms in total. The Bertz CT molecular complexity index is 612. The molecular formula is C12H4N4OS. The Hall–Kier alpha value is -2.67. The van der Waals surface area contributed by atoms with E-state index in [0.717, 1.165) is 11.3 Å². The Morgan fingerprint density at radius 1 is 1.11 bits per heavy atom. The lowest BCUT2D eigenvalue weighted by Gasteiger charge is -1.93. The van der Waals surface area contributed by atoms with Crippen molar-refractivity contribution < 1.29 is 4.79 Å². The first-order valence-electron chi connectivity index (χ1n) is 4.86. The minimum atomic E-state index is -1.85. The van der Waals surface area contributed by atoms with Gasteiger partial charge in [0, 0.05) is 0 Å². The van der Waals surface area contributed by atoms with Crippen LogP contribution in [-0.4, -0.2) is 5.78 Å². The molecule has 0 radical (unpaired) electrons. The lowest BCUT2D eigenvalue weighted by Crippen LogP contribution is -2.06. The normalized spacial score (nSPS) is 18.7. The van der Waals surface area contributed by atoms with Gasteiger partial charge in [0.25, 0.3) is 0 Å². The number of nitriles is 4. The Kier molecular flexibility index (Phi) is 2.41. The number of carbonyl (C=O) groups is 1. The Morgan fingerprint density at radius 2 is 1.61 bits per heavy atom. The van der Waals surface area contributed by atoms with E-state index in [4.69, 9.17) is 21.0 Å². The predicted octanol–water partition coefficient (Wildman–Crippen LogP) is 1.63. The van der Waals surface area contributed by atoms with Crippen LogP contribution in [-0.2, 0) is 0 Å². The molecule has 0 aromatic carbocycles. The number of nitrogens with zero attached hydrogens (tertiary/aromatic N) is 4. The zero-order chi connectivity index (χ0) is 13.4. The van der Waals surface area contributed by atoms with Crippen LogP contribution in [0.15, 0.2) is 17.5 Å². The molecule has 6 heteroatoms. The van der Waals surface area contributed by atoms with Gasteiger partial charge in [-0.2, -0.15) is 21.0 Å². The fourth-order valence-electron chi connectivity index (χ4n) is 2.09. The summed E-state index contributed by atoms with van der Waals surface area (Å²) in [6.45, 7) is 0. The van der Waals surface area contributed by atoms with E-state index in [1.807, 2.05) is 0 Å². The number of Topliss-reactive ketones (excluding diaryl/α,β-unsaturated/α-hetero) is 1. The number of thiophene rings is 1. The molecule has 1 aromatic rings. The average Bonchev–Trinajstić information content (AvgIpc) is 2.73. The Labute approximate surface area is 107 Å². The molecule has 1 aliphatic carbocycles. The van der Waals surface area contributed by atoms with E-state index in [9.17, 15) is 4.79 Å². The van der Waals surface area contributed by atoms with Gasteiger partial charge in [-0.3, -0.25) is 4.79 Å². The number of ketones is 1. The first kappa shape index (κ1) is 11.8. The molecule has 0 N–H and O–H groups in total. The van der Waals surface area contributed by atoms with Crippen LogP contribution in [0.4, 0.5) is 0 Å². The average molecular weight is 252 g/mol. The number of carbonyl (C=O) groups excluding carboxylic acids is 1. The molecule has 0 amide bonds. The first-order valence-corrected chi connectivity index (χ1v) is 5.74. The third-order valence-electron chi connectivity index (χ3n) is 3.14. The van der Waals surface area contributed by atoms with Crippen LogP contribution in [0.2, 0.25) is 0 Å². The molecule has 0 saturated heterocycles. The van der Waals surface area contributed by atoms with Crippen LogP contribution in [0.5, 0.6) is 0 Å². The minimum Gasteiger partial charge on any atom is -0.293 e. The van der Waals surface area contributed by atoms with Crippen LogP contribution in [0.1, 0.15) is 9.67 Å². The fourth-order valence-corrected chi connectivity index (χ4v) is 2.78. The lowest BCUT2D eigenvalue weighted by molar-refractivity contribution is 0.0958. The topological polar surface area (TPSA) is 112 Å². The summed E-state index contributed by atoms with van der Waals surface area (Å²) in [5.41, 5.74) is -3.70. The Balaban J connectivity index is 2.53. The maximum absolute atomic E-state index is 12.1. The van der Waals surface area contributed by atoms with E-state index in [1.165, 1.54) is 0 Å². The van der Waals surface area contributed by atoms with Gasteiger partial charge in [0.1, 0.15) is 0 Å². The van der Waals surface area contributed by atoms with Crippen molar-refractivity contribution in [2.45, 2.75) is 0 Å². The maximum atomic E-state index is 12.1. The number of rotatable bonds is 2. The maximum Gasteiger partial charge on any atom is 0.188 e. The highest BCUT2D eigenvalue weighted by molar-refractivity contribution is 7.12. The molecule has 1 fully saturated rings. The first-order chi connectivity index (χ1) is 8.63. The summed E-state index contributed by atoms with van der Waals surface area (Å²) in [6.07, 6.45) is 0. The van der Waals surface area contributed by atoms with Crippen LogP contribution in [0.3, 0.4) is 0 Å². The predicted molar refractivity (Wildman–Crippen MR) is 59.5 cm³/mol. The van der Waals surface area contributed by atoms with E-state index in [-0.39, 0.29) is 0 Å². The van der Waals surface area contributed by atoms with Crippen molar-refractivity contribution in [3.8, 4) is 24.3 Å². The van der Waals surface area contributed by atoms with Gasteiger partial charge in [-0.15, -0.1) is 11.3 Å². The van der Waals surface area contributed by atoms with Crippen molar-refractivity contribution in [2.24, 2.45) is 16.7 Å². The van der Waals surface area contributed by atoms with E-state index < -0.39 is 22.5 Å². The summed E-state index contributed by atoms with van der Waals surface area (Å²) >= 11 is 1.16. The van der Waals surface area contributed by atoms with Gasteiger partial charge >= 0.3 is 0 Å². The summed E-state index contributed by atoms with van der Waals surface area (Å²) in [5.74, 6) is -1.68. The monoisotopic (exact) mass is 252 g/mol. The molecule has 0 atom stereocenters. The number of hydrogen-bond acceptors (Lipinski definition) is 6.